The molecule has 0 fully saturated rings. The standard InChI is InChI=1S/C29H26N4O6S/c1-5-38-28(35)25-17(2)30-29-32(26(25)19-8-10-20(11-9-19)31(3)4)27(34)24(40-29)16-22-14-15-23(39-22)18-6-12-21(13-7-18)33(36)37/h6-16,26H,5H2,1-4H3/b24-16-/t26-/m1/s1. The van der Waals surface area contributed by atoms with Gasteiger partial charge in [0, 0.05) is 43.6 Å². The molecule has 0 saturated heterocycles. The van der Waals surface area contributed by atoms with Crippen LogP contribution in [0.15, 0.2) is 86.1 Å². The highest BCUT2D eigenvalue weighted by Crippen LogP contribution is 2.32. The second kappa shape index (κ2) is 10.8. The van der Waals surface area contributed by atoms with Gasteiger partial charge in [0.1, 0.15) is 11.5 Å². The monoisotopic (exact) mass is 558 g/mol. The van der Waals surface area contributed by atoms with Crippen molar-refractivity contribution in [3.05, 3.63) is 113 Å². The number of benzene rings is 2. The van der Waals surface area contributed by atoms with E-state index in [9.17, 15) is 19.7 Å². The number of thiazole rings is 1. The molecule has 5 rings (SSSR count). The lowest BCUT2D eigenvalue weighted by Crippen LogP contribution is -2.39. The molecular formula is C29H26N4O6S. The topological polar surface area (TPSA) is 120 Å². The third-order valence-corrected chi connectivity index (χ3v) is 7.49. The van der Waals surface area contributed by atoms with Crippen molar-refractivity contribution >= 4 is 34.8 Å². The van der Waals surface area contributed by atoms with Gasteiger partial charge in [-0.25, -0.2) is 9.79 Å². The summed E-state index contributed by atoms with van der Waals surface area (Å²) < 4.78 is 13.2. The van der Waals surface area contributed by atoms with Crippen molar-refractivity contribution in [2.24, 2.45) is 4.99 Å². The summed E-state index contributed by atoms with van der Waals surface area (Å²) in [6.07, 6.45) is 1.63. The number of non-ortho nitro benzene ring substituents is 1. The Morgan fingerprint density at radius 1 is 1.15 bits per heavy atom. The van der Waals surface area contributed by atoms with Crippen LogP contribution < -0.4 is 19.8 Å². The van der Waals surface area contributed by atoms with E-state index in [2.05, 4.69) is 4.99 Å². The van der Waals surface area contributed by atoms with Crippen molar-refractivity contribution in [3.8, 4) is 11.3 Å². The fourth-order valence-electron chi connectivity index (χ4n) is 4.52. The predicted molar refractivity (Wildman–Crippen MR) is 152 cm³/mol. The highest BCUT2D eigenvalue weighted by Gasteiger charge is 2.33. The fourth-order valence-corrected chi connectivity index (χ4v) is 5.55. The van der Waals surface area contributed by atoms with Crippen LogP contribution in [-0.4, -0.2) is 36.2 Å². The number of anilines is 1. The first-order chi connectivity index (χ1) is 19.2. The Kier molecular flexibility index (Phi) is 7.22. The molecule has 11 heteroatoms. The van der Waals surface area contributed by atoms with E-state index in [0.29, 0.717) is 37.7 Å². The van der Waals surface area contributed by atoms with Crippen LogP contribution in [0.3, 0.4) is 0 Å². The van der Waals surface area contributed by atoms with Gasteiger partial charge in [0.05, 0.1) is 33.4 Å². The highest BCUT2D eigenvalue weighted by atomic mass is 32.1. The molecule has 0 radical (unpaired) electrons. The average Bonchev–Trinajstić information content (AvgIpc) is 3.52. The maximum atomic E-state index is 13.8. The largest absolute Gasteiger partial charge is 0.463 e. The molecule has 10 nitrogen and oxygen atoms in total. The van der Waals surface area contributed by atoms with Crippen molar-refractivity contribution in [3.63, 3.8) is 0 Å². The Balaban J connectivity index is 1.59. The van der Waals surface area contributed by atoms with E-state index in [1.165, 1.54) is 28.0 Å². The number of nitrogens with zero attached hydrogens (tertiary/aromatic N) is 4. The first kappa shape index (κ1) is 26.8. The summed E-state index contributed by atoms with van der Waals surface area (Å²) >= 11 is 1.20. The molecule has 1 aliphatic rings. The summed E-state index contributed by atoms with van der Waals surface area (Å²) in [5.74, 6) is 0.429. The number of nitro benzene ring substituents is 1. The number of furan rings is 1. The molecule has 0 N–H and O–H groups in total. The van der Waals surface area contributed by atoms with Gasteiger partial charge in [-0.3, -0.25) is 19.5 Å². The van der Waals surface area contributed by atoms with E-state index in [4.69, 9.17) is 9.15 Å². The number of nitro groups is 1. The minimum atomic E-state index is -0.707. The van der Waals surface area contributed by atoms with Crippen molar-refractivity contribution in [1.29, 1.82) is 0 Å². The van der Waals surface area contributed by atoms with E-state index < -0.39 is 16.9 Å². The number of aromatic nitrogens is 1. The number of carbonyl (C=O) groups excluding carboxylic acids is 1. The molecule has 1 atom stereocenters. The molecule has 0 aliphatic carbocycles. The number of ether oxygens (including phenoxy) is 1. The lowest BCUT2D eigenvalue weighted by atomic mass is 9.95. The molecule has 1 aliphatic heterocycles. The molecule has 0 bridgehead atoms. The first-order valence-corrected chi connectivity index (χ1v) is 13.3. The molecule has 0 unspecified atom stereocenters. The van der Waals surface area contributed by atoms with E-state index >= 15 is 0 Å². The zero-order chi connectivity index (χ0) is 28.6. The normalized spacial score (nSPS) is 15.0. The third kappa shape index (κ3) is 4.98. The quantitative estimate of drug-likeness (QED) is 0.191. The lowest BCUT2D eigenvalue weighted by Gasteiger charge is -2.25. The number of carbonyl (C=O) groups is 1. The van der Waals surface area contributed by atoms with Crippen LogP contribution in [0.25, 0.3) is 17.4 Å². The zero-order valence-electron chi connectivity index (χ0n) is 22.3. The van der Waals surface area contributed by atoms with Crippen LogP contribution in [0.2, 0.25) is 0 Å². The fraction of sp³-hybridized carbons (Fsp3) is 0.207. The van der Waals surface area contributed by atoms with Gasteiger partial charge in [-0.1, -0.05) is 23.5 Å². The van der Waals surface area contributed by atoms with Crippen LogP contribution in [0.4, 0.5) is 11.4 Å². The maximum absolute atomic E-state index is 13.8. The number of hydrogen-bond acceptors (Lipinski definition) is 9. The second-order valence-electron chi connectivity index (χ2n) is 9.29. The minimum Gasteiger partial charge on any atom is -0.463 e. The smallest absolute Gasteiger partial charge is 0.338 e. The SMILES string of the molecule is CCOC(=O)C1=C(C)N=c2s/c(=C\c3ccc(-c4ccc([N+](=O)[O-])cc4)o3)c(=O)n2[C@@H]1c1ccc(N(C)C)cc1. The summed E-state index contributed by atoms with van der Waals surface area (Å²) in [5.41, 5.74) is 2.89. The Hall–Kier alpha value is -4.77. The van der Waals surface area contributed by atoms with Gasteiger partial charge in [0.15, 0.2) is 4.80 Å². The number of hydrogen-bond donors (Lipinski definition) is 0. The van der Waals surface area contributed by atoms with Crippen molar-refractivity contribution in [1.82, 2.24) is 4.57 Å². The summed E-state index contributed by atoms with van der Waals surface area (Å²) in [5, 5.41) is 10.9. The van der Waals surface area contributed by atoms with Gasteiger partial charge < -0.3 is 14.1 Å². The molecule has 40 heavy (non-hydrogen) atoms. The molecule has 3 heterocycles. The second-order valence-corrected chi connectivity index (χ2v) is 10.3. The molecule has 4 aromatic rings. The number of fused-ring (bicyclic) bond motifs is 1. The van der Waals surface area contributed by atoms with E-state index in [1.54, 1.807) is 44.2 Å². The maximum Gasteiger partial charge on any atom is 0.338 e. The van der Waals surface area contributed by atoms with Crippen LogP contribution in [0.5, 0.6) is 0 Å². The van der Waals surface area contributed by atoms with E-state index in [0.717, 1.165) is 11.3 Å². The number of rotatable bonds is 7. The number of esters is 1. The predicted octanol–water partition coefficient (Wildman–Crippen LogP) is 4.03. The van der Waals surface area contributed by atoms with Gasteiger partial charge in [-0.05, 0) is 55.8 Å². The molecule has 2 aromatic heterocycles. The third-order valence-electron chi connectivity index (χ3n) is 6.51. The van der Waals surface area contributed by atoms with Gasteiger partial charge in [-0.2, -0.15) is 0 Å². The van der Waals surface area contributed by atoms with Crippen LogP contribution >= 0.6 is 11.3 Å². The molecule has 0 saturated carbocycles. The van der Waals surface area contributed by atoms with Gasteiger partial charge in [0.25, 0.3) is 11.2 Å². The summed E-state index contributed by atoms with van der Waals surface area (Å²) in [6.45, 7) is 3.67. The zero-order valence-corrected chi connectivity index (χ0v) is 23.1. The highest BCUT2D eigenvalue weighted by molar-refractivity contribution is 7.07. The summed E-state index contributed by atoms with van der Waals surface area (Å²) in [4.78, 5) is 44.4. The van der Waals surface area contributed by atoms with Gasteiger partial charge in [0.2, 0.25) is 0 Å². The average molecular weight is 559 g/mol. The molecule has 0 spiro atoms. The van der Waals surface area contributed by atoms with Crippen molar-refractivity contribution in [2.45, 2.75) is 19.9 Å². The Morgan fingerprint density at radius 3 is 2.48 bits per heavy atom. The molecule has 0 amide bonds. The summed E-state index contributed by atoms with van der Waals surface area (Å²) in [7, 11) is 3.88. The molecule has 204 valence electrons. The van der Waals surface area contributed by atoms with E-state index in [-0.39, 0.29) is 17.9 Å². The van der Waals surface area contributed by atoms with Crippen LogP contribution in [0, 0.1) is 10.1 Å². The van der Waals surface area contributed by atoms with Gasteiger partial charge in [-0.15, -0.1) is 0 Å². The number of allylic oxidation sites excluding steroid dienone is 1. The Morgan fingerprint density at radius 2 is 1.85 bits per heavy atom. The van der Waals surface area contributed by atoms with Gasteiger partial charge >= 0.3 is 5.97 Å². The minimum absolute atomic E-state index is 0.0139. The van der Waals surface area contributed by atoms with Crippen molar-refractivity contribution in [2.75, 3.05) is 25.6 Å². The molecule has 2 aromatic carbocycles. The molecular weight excluding hydrogens is 532 g/mol. The van der Waals surface area contributed by atoms with Crippen molar-refractivity contribution < 1.29 is 18.9 Å². The Bertz CT molecular complexity index is 1810. The van der Waals surface area contributed by atoms with E-state index in [1.807, 2.05) is 43.3 Å². The summed E-state index contributed by atoms with van der Waals surface area (Å²) in [6, 6.07) is 16.5. The lowest BCUT2D eigenvalue weighted by molar-refractivity contribution is -0.384. The van der Waals surface area contributed by atoms with Crippen LogP contribution in [-0.2, 0) is 9.53 Å². The van der Waals surface area contributed by atoms with Crippen LogP contribution in [0.1, 0.15) is 31.2 Å². The first-order valence-electron chi connectivity index (χ1n) is 12.5. The Labute approximate surface area is 232 Å².